The van der Waals surface area contributed by atoms with E-state index in [1.54, 1.807) is 19.2 Å². The number of hydrogen-bond acceptors (Lipinski definition) is 6. The number of amides is 1. The topological polar surface area (TPSA) is 92.7 Å². The maximum Gasteiger partial charge on any atom is 0.277 e. The van der Waals surface area contributed by atoms with E-state index in [9.17, 15) is 4.79 Å². The Bertz CT molecular complexity index is 515. The summed E-state index contributed by atoms with van der Waals surface area (Å²) in [5, 5.41) is 12.8. The molecule has 2 heterocycles. The summed E-state index contributed by atoms with van der Waals surface area (Å²) >= 11 is 0. The van der Waals surface area contributed by atoms with Gasteiger partial charge in [0, 0.05) is 13.2 Å². The lowest BCUT2D eigenvalue weighted by atomic mass is 10.4. The monoisotopic (exact) mass is 230 g/mol. The van der Waals surface area contributed by atoms with Crippen LogP contribution >= 0.6 is 0 Å². The molecule has 0 aliphatic carbocycles. The third-order valence-corrected chi connectivity index (χ3v) is 1.94. The lowest BCUT2D eigenvalue weighted by Gasteiger charge is -2.03. The minimum Gasteiger partial charge on any atom is -0.372 e. The van der Waals surface area contributed by atoms with Crippen molar-refractivity contribution in [3.8, 4) is 0 Å². The summed E-state index contributed by atoms with van der Waals surface area (Å²) in [4.78, 5) is 19.7. The lowest BCUT2D eigenvalue weighted by molar-refractivity contribution is 0.102. The molecular weight excluding hydrogens is 220 g/mol. The average molecular weight is 230 g/mol. The van der Waals surface area contributed by atoms with Crippen LogP contribution in [0, 0.1) is 0 Å². The summed E-state index contributed by atoms with van der Waals surface area (Å²) in [5.41, 5.74) is 0.211. The van der Waals surface area contributed by atoms with Crippen molar-refractivity contribution in [3.63, 3.8) is 0 Å². The van der Waals surface area contributed by atoms with Crippen LogP contribution in [-0.2, 0) is 0 Å². The molecule has 0 atom stereocenters. The Hall–Kier alpha value is -2.57. The fourth-order valence-corrected chi connectivity index (χ4v) is 1.14. The molecule has 0 unspecified atom stereocenters. The zero-order valence-electron chi connectivity index (χ0n) is 9.08. The van der Waals surface area contributed by atoms with Crippen molar-refractivity contribution in [1.82, 2.24) is 20.2 Å². The molecule has 17 heavy (non-hydrogen) atoms. The summed E-state index contributed by atoms with van der Waals surface area (Å²) in [6, 6.07) is 3.32. The number of anilines is 2. The fourth-order valence-electron chi connectivity index (χ4n) is 1.14. The van der Waals surface area contributed by atoms with E-state index in [-0.39, 0.29) is 11.6 Å². The molecule has 2 rings (SSSR count). The summed E-state index contributed by atoms with van der Waals surface area (Å²) in [6.45, 7) is 0. The Morgan fingerprint density at radius 3 is 2.88 bits per heavy atom. The van der Waals surface area contributed by atoms with Crippen molar-refractivity contribution in [2.45, 2.75) is 0 Å². The molecule has 7 heteroatoms. The number of nitrogens with zero attached hydrogens (tertiary/aromatic N) is 4. The molecular formula is C10H10N6O. The summed E-state index contributed by atoms with van der Waals surface area (Å²) in [7, 11) is 1.70. The van der Waals surface area contributed by atoms with Crippen molar-refractivity contribution >= 4 is 17.5 Å². The molecule has 0 spiro atoms. The number of rotatable bonds is 3. The summed E-state index contributed by atoms with van der Waals surface area (Å²) in [6.07, 6.45) is 4.43. The standard InChI is InChI=1S/C10H10N6O/c1-11-9-6-12-5-7(14-9)10(17)15-8-3-2-4-13-16-8/h2-6H,1H3,(H,11,14)(H,15,16,17). The van der Waals surface area contributed by atoms with Crippen molar-refractivity contribution in [1.29, 1.82) is 0 Å². The van der Waals surface area contributed by atoms with Gasteiger partial charge in [0.05, 0.1) is 12.4 Å². The quantitative estimate of drug-likeness (QED) is 0.800. The Kier molecular flexibility index (Phi) is 3.20. The van der Waals surface area contributed by atoms with Gasteiger partial charge in [0.2, 0.25) is 0 Å². The first-order valence-corrected chi connectivity index (χ1v) is 4.88. The largest absolute Gasteiger partial charge is 0.372 e. The van der Waals surface area contributed by atoms with Crippen LogP contribution in [0.15, 0.2) is 30.7 Å². The first-order chi connectivity index (χ1) is 8.29. The maximum absolute atomic E-state index is 11.8. The second-order valence-electron chi connectivity index (χ2n) is 3.10. The van der Waals surface area contributed by atoms with Gasteiger partial charge < -0.3 is 10.6 Å². The van der Waals surface area contributed by atoms with Crippen LogP contribution in [0.3, 0.4) is 0 Å². The highest BCUT2D eigenvalue weighted by molar-refractivity contribution is 6.02. The van der Waals surface area contributed by atoms with Crippen LogP contribution in [0.5, 0.6) is 0 Å². The second kappa shape index (κ2) is 4.97. The second-order valence-corrected chi connectivity index (χ2v) is 3.10. The first-order valence-electron chi connectivity index (χ1n) is 4.88. The van der Waals surface area contributed by atoms with E-state index in [1.807, 2.05) is 0 Å². The first kappa shape index (κ1) is 10.9. The fraction of sp³-hybridized carbons (Fsp3) is 0.100. The summed E-state index contributed by atoms with van der Waals surface area (Å²) in [5.74, 6) is 0.515. The lowest BCUT2D eigenvalue weighted by Crippen LogP contribution is -2.15. The SMILES string of the molecule is CNc1cncc(C(=O)Nc2cccnn2)n1. The molecule has 0 aliphatic heterocycles. The van der Waals surface area contributed by atoms with Gasteiger partial charge in [-0.2, -0.15) is 5.10 Å². The number of carbonyl (C=O) groups excluding carboxylic acids is 1. The van der Waals surface area contributed by atoms with Gasteiger partial charge in [-0.25, -0.2) is 4.98 Å². The van der Waals surface area contributed by atoms with Gasteiger partial charge >= 0.3 is 0 Å². The van der Waals surface area contributed by atoms with E-state index in [1.165, 1.54) is 18.6 Å². The molecule has 0 saturated carbocycles. The number of aromatic nitrogens is 4. The molecule has 0 saturated heterocycles. The van der Waals surface area contributed by atoms with Gasteiger partial charge in [-0.05, 0) is 12.1 Å². The van der Waals surface area contributed by atoms with Gasteiger partial charge in [0.1, 0.15) is 11.5 Å². The zero-order chi connectivity index (χ0) is 12.1. The normalized spacial score (nSPS) is 9.71. The van der Waals surface area contributed by atoms with Gasteiger partial charge in [-0.15, -0.1) is 5.10 Å². The summed E-state index contributed by atoms with van der Waals surface area (Å²) < 4.78 is 0. The minimum atomic E-state index is -0.380. The van der Waals surface area contributed by atoms with Gasteiger partial charge in [-0.3, -0.25) is 9.78 Å². The molecule has 0 aromatic carbocycles. The Morgan fingerprint density at radius 1 is 1.29 bits per heavy atom. The number of hydrogen-bond donors (Lipinski definition) is 2. The van der Waals surface area contributed by atoms with E-state index in [2.05, 4.69) is 30.8 Å². The molecule has 86 valence electrons. The molecule has 2 N–H and O–H groups in total. The van der Waals surface area contributed by atoms with Gasteiger partial charge in [0.25, 0.3) is 5.91 Å². The van der Waals surface area contributed by atoms with E-state index in [4.69, 9.17) is 0 Å². The van der Waals surface area contributed by atoms with Crippen LogP contribution in [0.1, 0.15) is 10.5 Å². The van der Waals surface area contributed by atoms with Crippen LogP contribution in [0.2, 0.25) is 0 Å². The van der Waals surface area contributed by atoms with Crippen LogP contribution < -0.4 is 10.6 Å². The molecule has 0 aliphatic rings. The molecule has 1 amide bonds. The van der Waals surface area contributed by atoms with E-state index in [0.29, 0.717) is 11.6 Å². The number of nitrogens with one attached hydrogen (secondary N) is 2. The minimum absolute atomic E-state index is 0.211. The van der Waals surface area contributed by atoms with Crippen LogP contribution in [0.4, 0.5) is 11.6 Å². The molecule has 0 bridgehead atoms. The predicted molar refractivity (Wildman–Crippen MR) is 61.6 cm³/mol. The highest BCUT2D eigenvalue weighted by Gasteiger charge is 2.09. The maximum atomic E-state index is 11.8. The van der Waals surface area contributed by atoms with Gasteiger partial charge in [-0.1, -0.05) is 0 Å². The van der Waals surface area contributed by atoms with E-state index < -0.39 is 0 Å². The zero-order valence-corrected chi connectivity index (χ0v) is 9.08. The van der Waals surface area contributed by atoms with Gasteiger partial charge in [0.15, 0.2) is 5.82 Å². The Labute approximate surface area is 97.3 Å². The smallest absolute Gasteiger partial charge is 0.277 e. The van der Waals surface area contributed by atoms with Crippen molar-refractivity contribution in [3.05, 3.63) is 36.4 Å². The molecule has 0 radical (unpaired) electrons. The van der Waals surface area contributed by atoms with Crippen molar-refractivity contribution < 1.29 is 4.79 Å². The van der Waals surface area contributed by atoms with Crippen molar-refractivity contribution in [2.75, 3.05) is 17.7 Å². The highest BCUT2D eigenvalue weighted by atomic mass is 16.2. The molecule has 7 nitrogen and oxygen atoms in total. The Balaban J connectivity index is 2.14. The molecule has 2 aromatic heterocycles. The highest BCUT2D eigenvalue weighted by Crippen LogP contribution is 2.04. The predicted octanol–water partition coefficient (Wildman–Crippen LogP) is 0.561. The number of carbonyl (C=O) groups is 1. The van der Waals surface area contributed by atoms with E-state index in [0.717, 1.165) is 0 Å². The average Bonchev–Trinajstić information content (AvgIpc) is 2.40. The van der Waals surface area contributed by atoms with Crippen molar-refractivity contribution in [2.24, 2.45) is 0 Å². The Morgan fingerprint density at radius 2 is 2.18 bits per heavy atom. The molecule has 2 aromatic rings. The van der Waals surface area contributed by atoms with Crippen LogP contribution in [-0.4, -0.2) is 33.1 Å². The third-order valence-electron chi connectivity index (χ3n) is 1.94. The third kappa shape index (κ3) is 2.71. The molecule has 0 fully saturated rings. The van der Waals surface area contributed by atoms with Crippen LogP contribution in [0.25, 0.3) is 0 Å². The van der Waals surface area contributed by atoms with E-state index >= 15 is 0 Å².